The van der Waals surface area contributed by atoms with Crippen LogP contribution in [0.25, 0.3) is 0 Å². The first-order valence-electron chi connectivity index (χ1n) is 5.56. The van der Waals surface area contributed by atoms with Crippen molar-refractivity contribution in [3.63, 3.8) is 0 Å². The maximum Gasteiger partial charge on any atom is 0.411 e. The second-order valence-corrected chi connectivity index (χ2v) is 5.34. The Hall–Kier alpha value is -1.08. The Bertz CT molecular complexity index is 490. The van der Waals surface area contributed by atoms with Crippen LogP contribution in [-0.2, 0) is 16.0 Å². The van der Waals surface area contributed by atoms with Crippen molar-refractivity contribution in [3.8, 4) is 0 Å². The summed E-state index contributed by atoms with van der Waals surface area (Å²) in [4.78, 5) is 10.9. The number of halogens is 4. The number of amides is 1. The Morgan fingerprint density at radius 3 is 2.84 bits per heavy atom. The van der Waals surface area contributed by atoms with Crippen molar-refractivity contribution in [1.82, 2.24) is 0 Å². The predicted molar refractivity (Wildman–Crippen MR) is 67.3 cm³/mol. The minimum absolute atomic E-state index is 0.0772. The van der Waals surface area contributed by atoms with E-state index in [1.165, 1.54) is 0 Å². The van der Waals surface area contributed by atoms with Gasteiger partial charge in [-0.15, -0.1) is 0 Å². The second-order valence-electron chi connectivity index (χ2n) is 4.24. The maximum absolute atomic E-state index is 11.9. The maximum atomic E-state index is 11.9. The number of hydrogen-bond acceptors (Lipinski definition) is 2. The molecule has 0 aromatic heterocycles. The summed E-state index contributed by atoms with van der Waals surface area (Å²) < 4.78 is 40.4. The van der Waals surface area contributed by atoms with Gasteiger partial charge < -0.3 is 10.1 Å². The Morgan fingerprint density at radius 1 is 1.42 bits per heavy atom. The van der Waals surface area contributed by atoms with Crippen LogP contribution in [0.15, 0.2) is 18.2 Å². The first kappa shape index (κ1) is 14.3. The van der Waals surface area contributed by atoms with E-state index in [-0.39, 0.29) is 17.3 Å². The van der Waals surface area contributed by atoms with E-state index in [4.69, 9.17) is 0 Å². The number of fused-ring (bicyclic) bond motifs is 1. The zero-order chi connectivity index (χ0) is 14.0. The molecule has 0 aliphatic carbocycles. The third-order valence-electron chi connectivity index (χ3n) is 2.65. The van der Waals surface area contributed by atoms with Gasteiger partial charge in [-0.3, -0.25) is 4.79 Å². The number of rotatable bonds is 4. The largest absolute Gasteiger partial charge is 0.411 e. The van der Waals surface area contributed by atoms with Crippen LogP contribution in [0.1, 0.15) is 16.0 Å². The molecular weight excluding hydrogens is 327 g/mol. The lowest BCUT2D eigenvalue weighted by molar-refractivity contribution is -0.173. The van der Waals surface area contributed by atoms with Gasteiger partial charge in [0.2, 0.25) is 5.91 Å². The van der Waals surface area contributed by atoms with Crippen LogP contribution < -0.4 is 5.32 Å². The van der Waals surface area contributed by atoms with Crippen molar-refractivity contribution in [3.05, 3.63) is 29.3 Å². The number of carbonyl (C=O) groups is 1. The molecule has 1 aromatic rings. The van der Waals surface area contributed by atoms with Crippen LogP contribution in [0.3, 0.4) is 0 Å². The highest BCUT2D eigenvalue weighted by molar-refractivity contribution is 9.09. The Morgan fingerprint density at radius 2 is 2.16 bits per heavy atom. The van der Waals surface area contributed by atoms with E-state index in [1.807, 2.05) is 0 Å². The second kappa shape index (κ2) is 5.50. The van der Waals surface area contributed by atoms with E-state index in [2.05, 4.69) is 26.0 Å². The minimum Gasteiger partial charge on any atom is -0.371 e. The van der Waals surface area contributed by atoms with E-state index in [0.29, 0.717) is 6.42 Å². The van der Waals surface area contributed by atoms with E-state index >= 15 is 0 Å². The van der Waals surface area contributed by atoms with E-state index in [1.54, 1.807) is 18.2 Å². The van der Waals surface area contributed by atoms with Crippen LogP contribution in [0.2, 0.25) is 0 Å². The molecule has 1 N–H and O–H groups in total. The molecule has 0 saturated carbocycles. The summed E-state index contributed by atoms with van der Waals surface area (Å²) >= 11 is 3.28. The molecular formula is C12H11BrF3NO2. The topological polar surface area (TPSA) is 38.3 Å². The van der Waals surface area contributed by atoms with Gasteiger partial charge in [-0.1, -0.05) is 28.1 Å². The Labute approximate surface area is 116 Å². The van der Waals surface area contributed by atoms with Crippen LogP contribution in [0.5, 0.6) is 0 Å². The fourth-order valence-corrected chi connectivity index (χ4v) is 2.29. The SMILES string of the molecule is O=C1Cc2cc(C(Br)COCC(F)(F)F)ccc2N1. The summed E-state index contributed by atoms with van der Waals surface area (Å²) in [6.07, 6.45) is -4.02. The van der Waals surface area contributed by atoms with Gasteiger partial charge in [0.1, 0.15) is 6.61 Å². The zero-order valence-corrected chi connectivity index (χ0v) is 11.3. The number of alkyl halides is 4. The van der Waals surface area contributed by atoms with Gasteiger partial charge in [-0.2, -0.15) is 13.2 Å². The first-order valence-corrected chi connectivity index (χ1v) is 6.48. The molecule has 3 nitrogen and oxygen atoms in total. The summed E-state index contributed by atoms with van der Waals surface area (Å²) in [7, 11) is 0. The molecule has 2 rings (SSSR count). The molecule has 104 valence electrons. The van der Waals surface area contributed by atoms with Crippen LogP contribution in [0, 0.1) is 0 Å². The van der Waals surface area contributed by atoms with Crippen LogP contribution in [0.4, 0.5) is 18.9 Å². The molecule has 1 atom stereocenters. The number of ether oxygens (including phenoxy) is 1. The molecule has 19 heavy (non-hydrogen) atoms. The highest BCUT2D eigenvalue weighted by Gasteiger charge is 2.28. The highest BCUT2D eigenvalue weighted by atomic mass is 79.9. The van der Waals surface area contributed by atoms with Crippen molar-refractivity contribution in [2.24, 2.45) is 0 Å². The van der Waals surface area contributed by atoms with E-state index in [9.17, 15) is 18.0 Å². The molecule has 0 radical (unpaired) electrons. The Balaban J connectivity index is 1.95. The number of benzene rings is 1. The lowest BCUT2D eigenvalue weighted by Crippen LogP contribution is -2.18. The lowest BCUT2D eigenvalue weighted by Gasteiger charge is -2.13. The van der Waals surface area contributed by atoms with Gasteiger partial charge in [0.15, 0.2) is 0 Å². The third kappa shape index (κ3) is 3.94. The average molecular weight is 338 g/mol. The predicted octanol–water partition coefficient (Wildman–Crippen LogP) is 3.20. The van der Waals surface area contributed by atoms with Gasteiger partial charge in [0, 0.05) is 5.69 Å². The van der Waals surface area contributed by atoms with Gasteiger partial charge >= 0.3 is 6.18 Å². The summed E-state index contributed by atoms with van der Waals surface area (Å²) in [5.74, 6) is -0.0772. The number of hydrogen-bond donors (Lipinski definition) is 1. The molecule has 0 saturated heterocycles. The number of carbonyl (C=O) groups excluding carboxylic acids is 1. The quantitative estimate of drug-likeness (QED) is 0.857. The molecule has 1 heterocycles. The van der Waals surface area contributed by atoms with Crippen molar-refractivity contribution >= 4 is 27.5 Å². The van der Waals surface area contributed by atoms with Crippen molar-refractivity contribution in [2.75, 3.05) is 18.5 Å². The summed E-state index contributed by atoms with van der Waals surface area (Å²) in [6, 6.07) is 5.29. The molecule has 0 fully saturated rings. The molecule has 0 bridgehead atoms. The molecule has 1 unspecified atom stereocenters. The molecule has 0 spiro atoms. The van der Waals surface area contributed by atoms with Gasteiger partial charge in [0.05, 0.1) is 17.9 Å². The van der Waals surface area contributed by atoms with E-state index < -0.39 is 12.8 Å². The summed E-state index contributed by atoms with van der Waals surface area (Å²) in [5, 5.41) is 2.69. The summed E-state index contributed by atoms with van der Waals surface area (Å²) in [5.41, 5.74) is 2.39. The fourth-order valence-electron chi connectivity index (χ4n) is 1.82. The minimum atomic E-state index is -4.32. The highest BCUT2D eigenvalue weighted by Crippen LogP contribution is 2.30. The third-order valence-corrected chi connectivity index (χ3v) is 3.44. The van der Waals surface area contributed by atoms with Crippen molar-refractivity contribution in [1.29, 1.82) is 0 Å². The first-order chi connectivity index (χ1) is 8.85. The van der Waals surface area contributed by atoms with Crippen molar-refractivity contribution < 1.29 is 22.7 Å². The zero-order valence-electron chi connectivity index (χ0n) is 9.76. The fraction of sp³-hybridized carbons (Fsp3) is 0.417. The molecule has 1 amide bonds. The normalized spacial score (nSPS) is 16.1. The van der Waals surface area contributed by atoms with Gasteiger partial charge in [0.25, 0.3) is 0 Å². The number of nitrogens with one attached hydrogen (secondary N) is 1. The van der Waals surface area contributed by atoms with Gasteiger partial charge in [-0.25, -0.2) is 0 Å². The molecule has 1 aliphatic heterocycles. The van der Waals surface area contributed by atoms with Crippen molar-refractivity contribution in [2.45, 2.75) is 17.4 Å². The van der Waals surface area contributed by atoms with Crippen LogP contribution in [-0.4, -0.2) is 25.3 Å². The number of anilines is 1. The summed E-state index contributed by atoms with van der Waals surface area (Å²) in [6.45, 7) is -1.35. The average Bonchev–Trinajstić information content (AvgIpc) is 2.65. The van der Waals surface area contributed by atoms with Gasteiger partial charge in [-0.05, 0) is 17.2 Å². The lowest BCUT2D eigenvalue weighted by atomic mass is 10.1. The molecule has 1 aliphatic rings. The standard InChI is InChI=1S/C12H11BrF3NO2/c13-9(5-19-6-12(14,15)16)7-1-2-10-8(3-7)4-11(18)17-10/h1-3,9H,4-6H2,(H,17,18). The molecule has 1 aromatic carbocycles. The van der Waals surface area contributed by atoms with E-state index in [0.717, 1.165) is 16.8 Å². The Kier molecular flexibility index (Phi) is 4.15. The van der Waals surface area contributed by atoms with Crippen LogP contribution >= 0.6 is 15.9 Å². The molecule has 7 heteroatoms. The smallest absolute Gasteiger partial charge is 0.371 e. The monoisotopic (exact) mass is 337 g/mol.